The van der Waals surface area contributed by atoms with Crippen molar-refractivity contribution < 1.29 is 54.4 Å². The van der Waals surface area contributed by atoms with Crippen LogP contribution < -0.4 is 9.47 Å². The van der Waals surface area contributed by atoms with Gasteiger partial charge in [0.25, 0.3) is 0 Å². The third-order valence-electron chi connectivity index (χ3n) is 5.73. The Morgan fingerprint density at radius 3 is 1.94 bits per heavy atom. The minimum Gasteiger partial charge on any atom is -0.456 e. The molecular weight excluding hydrogens is 501 g/mol. The number of rotatable bonds is 8. The van der Waals surface area contributed by atoms with Crippen molar-refractivity contribution in [2.24, 2.45) is 5.41 Å². The van der Waals surface area contributed by atoms with E-state index in [1.807, 2.05) is 6.92 Å². The quantitative estimate of drug-likeness (QED) is 0.291. The van der Waals surface area contributed by atoms with Crippen molar-refractivity contribution in [3.8, 4) is 11.5 Å². The van der Waals surface area contributed by atoms with Gasteiger partial charge in [-0.15, -0.1) is 0 Å². The van der Waals surface area contributed by atoms with Crippen LogP contribution >= 0.6 is 0 Å². The van der Waals surface area contributed by atoms with Crippen LogP contribution in [-0.4, -0.2) is 19.8 Å². The van der Waals surface area contributed by atoms with Gasteiger partial charge >= 0.3 is 12.1 Å². The van der Waals surface area contributed by atoms with Crippen LogP contribution in [0.1, 0.15) is 37.8 Å². The lowest BCUT2D eigenvalue weighted by molar-refractivity contribution is -0.480. The summed E-state index contributed by atoms with van der Waals surface area (Å²) in [5, 5.41) is 0. The summed E-state index contributed by atoms with van der Waals surface area (Å²) in [6.45, 7) is 3.45. The monoisotopic (exact) mass is 522 g/mol. The van der Waals surface area contributed by atoms with Gasteiger partial charge in [-0.3, -0.25) is 0 Å². The third-order valence-corrected chi connectivity index (χ3v) is 5.73. The zero-order chi connectivity index (χ0) is 26.3. The molecule has 2 bridgehead atoms. The molecule has 3 aliphatic rings. The van der Waals surface area contributed by atoms with Crippen LogP contribution in [0.15, 0.2) is 36.4 Å². The van der Waals surface area contributed by atoms with E-state index < -0.39 is 63.7 Å². The highest BCUT2D eigenvalue weighted by Gasteiger charge is 2.54. The number of alkyl halides is 2. The van der Waals surface area contributed by atoms with E-state index in [9.17, 15) is 30.7 Å². The van der Waals surface area contributed by atoms with Gasteiger partial charge in [-0.05, 0) is 25.5 Å². The highest BCUT2D eigenvalue weighted by atomic mass is 19.3. The lowest BCUT2D eigenvalue weighted by Crippen LogP contribution is -2.58. The third kappa shape index (κ3) is 4.89. The molecular formula is C24H21F7O5. The summed E-state index contributed by atoms with van der Waals surface area (Å²) in [5.41, 5.74) is -2.54. The fraction of sp³-hybridized carbons (Fsp3) is 0.417. The van der Waals surface area contributed by atoms with E-state index in [1.165, 1.54) is 0 Å². The van der Waals surface area contributed by atoms with Crippen molar-refractivity contribution in [3.05, 3.63) is 70.8 Å². The largest absolute Gasteiger partial charge is 0.456 e. The molecule has 5 rings (SSSR count). The molecule has 196 valence electrons. The Balaban J connectivity index is 1.58. The highest BCUT2D eigenvalue weighted by molar-refractivity contribution is 5.37. The van der Waals surface area contributed by atoms with E-state index in [0.717, 1.165) is 19.8 Å². The maximum absolute atomic E-state index is 14.8. The second-order valence-electron chi connectivity index (χ2n) is 8.64. The van der Waals surface area contributed by atoms with Crippen molar-refractivity contribution in [1.29, 1.82) is 0 Å². The SMILES string of the molecule is CCCC12COC(c3cc(F)c(C(F)(F)Oc4cc(F)c(O/C=C(\C)F)c(F)c4)c(F)c3)(OC1)OC2. The normalized spacial score (nSPS) is 24.2. The van der Waals surface area contributed by atoms with Crippen molar-refractivity contribution in [2.45, 2.75) is 38.8 Å². The minimum absolute atomic E-state index is 0.183. The zero-order valence-corrected chi connectivity index (χ0v) is 19.1. The molecule has 0 unspecified atom stereocenters. The molecule has 2 aromatic rings. The molecule has 36 heavy (non-hydrogen) atoms. The van der Waals surface area contributed by atoms with Crippen LogP contribution in [-0.2, 0) is 26.3 Å². The lowest BCUT2D eigenvalue weighted by Gasteiger charge is -2.51. The van der Waals surface area contributed by atoms with Gasteiger partial charge in [0.1, 0.15) is 35.0 Å². The molecule has 0 saturated carbocycles. The standard InChI is InChI=1S/C24H21F7O5/c1-3-4-22-10-33-24(34-11-22,35-12-22)14-5-16(26)20(17(27)6-14)23(30,31)36-15-7-18(28)21(19(29)8-15)32-9-13(2)25/h5-9H,3-4,10-12H2,1-2H3/b13-9+. The molecule has 0 amide bonds. The van der Waals surface area contributed by atoms with Crippen LogP contribution in [0.4, 0.5) is 30.7 Å². The smallest absolute Gasteiger partial charge is 0.432 e. The van der Waals surface area contributed by atoms with Crippen LogP contribution in [0.2, 0.25) is 0 Å². The molecule has 0 aliphatic carbocycles. The maximum atomic E-state index is 14.8. The Morgan fingerprint density at radius 1 is 0.944 bits per heavy atom. The molecule has 0 N–H and O–H groups in total. The van der Waals surface area contributed by atoms with Crippen molar-refractivity contribution in [3.63, 3.8) is 0 Å². The molecule has 0 spiro atoms. The van der Waals surface area contributed by atoms with Gasteiger partial charge in [-0.2, -0.15) is 8.78 Å². The lowest BCUT2D eigenvalue weighted by atomic mass is 9.83. The van der Waals surface area contributed by atoms with Crippen LogP contribution in [0.5, 0.6) is 11.5 Å². The second kappa shape index (κ2) is 9.56. The van der Waals surface area contributed by atoms with Gasteiger partial charge in [-0.1, -0.05) is 13.3 Å². The predicted octanol–water partition coefficient (Wildman–Crippen LogP) is 6.55. The molecule has 3 saturated heterocycles. The first-order valence-corrected chi connectivity index (χ1v) is 10.9. The molecule has 0 atom stereocenters. The fourth-order valence-electron chi connectivity index (χ4n) is 4.07. The minimum atomic E-state index is -4.70. The Bertz CT molecular complexity index is 1110. The summed E-state index contributed by atoms with van der Waals surface area (Å²) in [5.74, 6) is -11.6. The first-order chi connectivity index (χ1) is 16.9. The number of fused-ring (bicyclic) bond motifs is 3. The molecule has 5 nitrogen and oxygen atoms in total. The van der Waals surface area contributed by atoms with Gasteiger partial charge in [0.2, 0.25) is 0 Å². The average molecular weight is 522 g/mol. The number of ether oxygens (including phenoxy) is 5. The molecule has 0 aromatic heterocycles. The number of hydrogen-bond donors (Lipinski definition) is 0. The van der Waals surface area contributed by atoms with Crippen molar-refractivity contribution in [1.82, 2.24) is 0 Å². The molecule has 3 heterocycles. The van der Waals surface area contributed by atoms with Gasteiger partial charge in [0.15, 0.2) is 17.4 Å². The summed E-state index contributed by atoms with van der Waals surface area (Å²) >= 11 is 0. The van der Waals surface area contributed by atoms with Crippen molar-refractivity contribution >= 4 is 0 Å². The fourth-order valence-corrected chi connectivity index (χ4v) is 4.07. The van der Waals surface area contributed by atoms with E-state index >= 15 is 0 Å². The van der Waals surface area contributed by atoms with E-state index in [1.54, 1.807) is 0 Å². The van der Waals surface area contributed by atoms with Gasteiger partial charge in [0, 0.05) is 23.1 Å². The Morgan fingerprint density at radius 2 is 1.47 bits per heavy atom. The number of benzene rings is 2. The number of hydrogen-bond acceptors (Lipinski definition) is 5. The van der Waals surface area contributed by atoms with E-state index in [-0.39, 0.29) is 25.4 Å². The van der Waals surface area contributed by atoms with E-state index in [4.69, 9.17) is 14.2 Å². The van der Waals surface area contributed by atoms with Crippen molar-refractivity contribution in [2.75, 3.05) is 19.8 Å². The topological polar surface area (TPSA) is 46.2 Å². The Hall–Kier alpha value is -2.83. The van der Waals surface area contributed by atoms with Crippen LogP contribution in [0.3, 0.4) is 0 Å². The summed E-state index contributed by atoms with van der Waals surface area (Å²) in [4.78, 5) is 0. The number of halogens is 7. The molecule has 0 radical (unpaired) electrons. The van der Waals surface area contributed by atoms with E-state index in [2.05, 4.69) is 9.47 Å². The second-order valence-corrected chi connectivity index (χ2v) is 8.64. The van der Waals surface area contributed by atoms with Crippen LogP contribution in [0.25, 0.3) is 0 Å². The first kappa shape index (κ1) is 26.2. The van der Waals surface area contributed by atoms with E-state index in [0.29, 0.717) is 30.5 Å². The summed E-state index contributed by atoms with van der Waals surface area (Å²) in [6.07, 6.45) is -2.75. The molecule has 3 fully saturated rings. The Labute approximate surface area is 201 Å². The van der Waals surface area contributed by atoms with Gasteiger partial charge in [0.05, 0.1) is 19.8 Å². The highest BCUT2D eigenvalue weighted by Crippen LogP contribution is 2.47. The Kier molecular flexibility index (Phi) is 6.97. The number of allylic oxidation sites excluding steroid dienone is 1. The summed E-state index contributed by atoms with van der Waals surface area (Å²) in [6, 6.07) is 1.69. The van der Waals surface area contributed by atoms with Gasteiger partial charge < -0.3 is 23.7 Å². The zero-order valence-electron chi connectivity index (χ0n) is 19.1. The van der Waals surface area contributed by atoms with Crippen LogP contribution in [0, 0.1) is 28.7 Å². The maximum Gasteiger partial charge on any atom is 0.432 e. The summed E-state index contributed by atoms with van der Waals surface area (Å²) in [7, 11) is 0. The predicted molar refractivity (Wildman–Crippen MR) is 110 cm³/mol. The summed E-state index contributed by atoms with van der Waals surface area (Å²) < 4.78 is 125. The molecule has 2 aromatic carbocycles. The molecule has 3 aliphatic heterocycles. The van der Waals surface area contributed by atoms with Gasteiger partial charge in [-0.25, -0.2) is 22.0 Å². The average Bonchev–Trinajstić information content (AvgIpc) is 2.78. The first-order valence-electron chi connectivity index (χ1n) is 10.9. The molecule has 12 heteroatoms.